The molecule has 0 amide bonds. The first-order chi connectivity index (χ1) is 20.7. The Labute approximate surface area is 317 Å². The molecule has 0 radical (unpaired) electrons. The van der Waals surface area contributed by atoms with Crippen LogP contribution in [0.25, 0.3) is 0 Å². The van der Waals surface area contributed by atoms with Gasteiger partial charge in [-0.3, -0.25) is 30.3 Å². The largest absolute Gasteiger partial charge is 0.478 e. The summed E-state index contributed by atoms with van der Waals surface area (Å²) in [6.45, 7) is 0. The average Bonchev–Trinajstić information content (AvgIpc) is 2.96. The number of benzene rings is 3. The molecule has 0 spiro atoms. The first-order valence-corrected chi connectivity index (χ1v) is 11.0. The summed E-state index contributed by atoms with van der Waals surface area (Å²) in [5.41, 5.74) is -4.26. The predicted molar refractivity (Wildman–Crippen MR) is 141 cm³/mol. The summed E-state index contributed by atoms with van der Waals surface area (Å²) in [6.07, 6.45) is 0. The van der Waals surface area contributed by atoms with Gasteiger partial charge >= 0.3 is 35.8 Å². The van der Waals surface area contributed by atoms with Crippen LogP contribution >= 0.6 is 0 Å². The van der Waals surface area contributed by atoms with Gasteiger partial charge in [0.1, 0.15) is 0 Å². The van der Waals surface area contributed by atoms with Crippen LogP contribution in [0.3, 0.4) is 0 Å². The number of aromatic carboxylic acids is 6. The zero-order chi connectivity index (χ0) is 34.8. The minimum absolute atomic E-state index is 0. The average molecular weight is 968 g/mol. The molecular weight excluding hydrogens is 953 g/mol. The molecule has 21 nitrogen and oxygen atoms in total. The molecule has 0 atom stereocenters. The Morgan fingerprint density at radius 1 is 0.362 bits per heavy atom. The first kappa shape index (κ1) is 44.3. The maximum atomic E-state index is 10.5. The van der Waals surface area contributed by atoms with Crippen molar-refractivity contribution in [1.29, 1.82) is 0 Å². The van der Waals surface area contributed by atoms with Crippen LogP contribution in [-0.4, -0.2) is 81.2 Å². The van der Waals surface area contributed by atoms with Crippen LogP contribution in [0.15, 0.2) is 54.6 Å². The van der Waals surface area contributed by atoms with Gasteiger partial charge < -0.3 is 30.6 Å². The summed E-state index contributed by atoms with van der Waals surface area (Å²) in [6, 6.07) is 7.38. The predicted octanol–water partition coefficient (Wildman–Crippen LogP) is 2.97. The number of nitro benzene ring substituents is 3. The minimum atomic E-state index is -1.42. The molecule has 0 saturated heterocycles. The van der Waals surface area contributed by atoms with E-state index in [9.17, 15) is 59.1 Å². The standard InChI is InChI=1S/3C8H5NO6.2Er/c3*10-7(11)4-1-5(8(12)13)3-6(2-4)9(14)15;;/h3*1-3H,(H,10,11)(H,12,13);;. The van der Waals surface area contributed by atoms with Crippen LogP contribution in [0.5, 0.6) is 0 Å². The second kappa shape index (κ2) is 19.6. The fourth-order valence-corrected chi connectivity index (χ4v) is 2.89. The minimum Gasteiger partial charge on any atom is -0.478 e. The van der Waals surface area contributed by atoms with Gasteiger partial charge in [-0.25, -0.2) is 28.8 Å². The molecule has 23 heteroatoms. The van der Waals surface area contributed by atoms with Crippen LogP contribution in [0.1, 0.15) is 62.1 Å². The summed E-state index contributed by atoms with van der Waals surface area (Å²) in [5.74, 6) is -8.49. The molecule has 0 aromatic heterocycles. The van der Waals surface area contributed by atoms with Gasteiger partial charge in [0.05, 0.1) is 48.2 Å². The van der Waals surface area contributed by atoms with E-state index in [2.05, 4.69) is 0 Å². The summed E-state index contributed by atoms with van der Waals surface area (Å²) >= 11 is 0. The second-order valence-electron chi connectivity index (χ2n) is 7.91. The molecule has 0 unspecified atom stereocenters. The maximum absolute atomic E-state index is 10.5. The van der Waals surface area contributed by atoms with Crippen molar-refractivity contribution in [2.45, 2.75) is 0 Å². The van der Waals surface area contributed by atoms with E-state index < -0.39 is 101 Å². The Morgan fingerprint density at radius 3 is 0.574 bits per heavy atom. The van der Waals surface area contributed by atoms with E-state index in [-0.39, 0.29) is 74.6 Å². The summed E-state index contributed by atoms with van der Waals surface area (Å²) in [7, 11) is 0. The van der Waals surface area contributed by atoms with Crippen LogP contribution in [0, 0.1) is 105 Å². The van der Waals surface area contributed by atoms with Gasteiger partial charge in [0.25, 0.3) is 17.1 Å². The molecule has 0 fully saturated rings. The fourth-order valence-electron chi connectivity index (χ4n) is 2.89. The molecule has 0 aliphatic carbocycles. The Morgan fingerprint density at radius 2 is 0.489 bits per heavy atom. The van der Waals surface area contributed by atoms with Crippen molar-refractivity contribution in [2.24, 2.45) is 0 Å². The number of hydrogen-bond donors (Lipinski definition) is 6. The second-order valence-corrected chi connectivity index (χ2v) is 7.91. The molecule has 47 heavy (non-hydrogen) atoms. The van der Waals surface area contributed by atoms with Crippen molar-refractivity contribution < 1.29 is 149 Å². The van der Waals surface area contributed by atoms with Gasteiger partial charge in [-0.05, 0) is 18.2 Å². The fraction of sp³-hybridized carbons (Fsp3) is 0. The number of carboxylic acids is 6. The topological polar surface area (TPSA) is 353 Å². The van der Waals surface area contributed by atoms with E-state index in [0.29, 0.717) is 0 Å². The Bertz CT molecular complexity index is 1340. The molecule has 3 aromatic carbocycles. The molecule has 258 valence electrons. The van der Waals surface area contributed by atoms with Gasteiger partial charge in [0.2, 0.25) is 0 Å². The van der Waals surface area contributed by atoms with Gasteiger partial charge in [0, 0.05) is 111 Å². The zero-order valence-electron chi connectivity index (χ0n) is 22.2. The number of carbonyl (C=O) groups is 6. The molecule has 0 heterocycles. The van der Waals surface area contributed by atoms with Crippen LogP contribution in [0.2, 0.25) is 0 Å². The summed E-state index contributed by atoms with van der Waals surface area (Å²) < 4.78 is 0. The quantitative estimate of drug-likeness (QED) is 0.133. The summed E-state index contributed by atoms with van der Waals surface area (Å²) in [5, 5.41) is 82.6. The third-order valence-corrected chi connectivity index (χ3v) is 4.87. The monoisotopic (exact) mass is 965 g/mol. The van der Waals surface area contributed by atoms with Gasteiger partial charge in [0.15, 0.2) is 0 Å². The maximum Gasteiger partial charge on any atom is 0.335 e. The van der Waals surface area contributed by atoms with Crippen molar-refractivity contribution in [3.05, 3.63) is 118 Å². The Kier molecular flexibility index (Phi) is 18.5. The van der Waals surface area contributed by atoms with Crippen molar-refractivity contribution in [2.75, 3.05) is 0 Å². The molecule has 3 aromatic rings. The molecule has 0 bridgehead atoms. The molecule has 0 aliphatic heterocycles. The van der Waals surface area contributed by atoms with E-state index in [1.54, 1.807) is 0 Å². The first-order valence-electron chi connectivity index (χ1n) is 11.0. The Hall–Kier alpha value is -4.83. The number of hydrogen-bond acceptors (Lipinski definition) is 12. The number of rotatable bonds is 9. The van der Waals surface area contributed by atoms with E-state index >= 15 is 0 Å². The molecule has 0 aliphatic rings. The Balaban J connectivity index is 0. The van der Waals surface area contributed by atoms with Crippen molar-refractivity contribution in [3.63, 3.8) is 0 Å². The van der Waals surface area contributed by atoms with E-state index in [4.69, 9.17) is 30.6 Å². The van der Waals surface area contributed by atoms with Gasteiger partial charge in [-0.2, -0.15) is 0 Å². The zero-order valence-corrected chi connectivity index (χ0v) is 25.9. The molecule has 6 N–H and O–H groups in total. The molecule has 3 rings (SSSR count). The van der Waals surface area contributed by atoms with Crippen LogP contribution in [0.4, 0.5) is 17.1 Å². The van der Waals surface area contributed by atoms with Crippen molar-refractivity contribution in [1.82, 2.24) is 0 Å². The van der Waals surface area contributed by atoms with Crippen molar-refractivity contribution in [3.8, 4) is 0 Å². The van der Waals surface area contributed by atoms with Crippen molar-refractivity contribution >= 4 is 52.9 Å². The number of nitro groups is 3. The van der Waals surface area contributed by atoms with E-state index in [1.165, 1.54) is 0 Å². The van der Waals surface area contributed by atoms with Crippen LogP contribution < -0.4 is 0 Å². The van der Waals surface area contributed by atoms with E-state index in [0.717, 1.165) is 54.6 Å². The normalized spacial score (nSPS) is 9.19. The molecular formula is C24H15Er2N3O18. The molecule has 0 saturated carbocycles. The third-order valence-electron chi connectivity index (χ3n) is 4.87. The number of carboxylic acid groups (broad SMARTS) is 6. The summed E-state index contributed by atoms with van der Waals surface area (Å²) in [4.78, 5) is 91.8. The van der Waals surface area contributed by atoms with E-state index in [1.807, 2.05) is 0 Å². The van der Waals surface area contributed by atoms with Gasteiger partial charge in [-0.15, -0.1) is 0 Å². The number of nitrogens with zero attached hydrogens (tertiary/aromatic N) is 3. The van der Waals surface area contributed by atoms with Gasteiger partial charge in [-0.1, -0.05) is 0 Å². The number of non-ortho nitro benzene ring substituents is 3. The third kappa shape index (κ3) is 14.0. The SMILES string of the molecule is O=C(O)c1cc(C(=O)O)cc([N+](=O)[O-])c1.O=C(O)c1cc(C(=O)O)cc([N+](=O)[O-])c1.O=C(O)c1cc(C(=O)O)cc([N+](=O)[O-])c1.[Er].[Er]. The smallest absolute Gasteiger partial charge is 0.335 e. The van der Waals surface area contributed by atoms with Crippen LogP contribution in [-0.2, 0) is 0 Å².